The second kappa shape index (κ2) is 6.62. The maximum Gasteiger partial charge on any atom is 0.335 e. The van der Waals surface area contributed by atoms with Crippen LogP contribution in [0.5, 0.6) is 11.5 Å². The molecule has 2 aromatic carbocycles. The number of amides is 1. The average Bonchev–Trinajstić information content (AvgIpc) is 2.49. The third-order valence-electron chi connectivity index (χ3n) is 2.90. The van der Waals surface area contributed by atoms with Gasteiger partial charge >= 0.3 is 5.97 Å². The number of rotatable bonds is 5. The number of benzene rings is 2. The fourth-order valence-corrected chi connectivity index (χ4v) is 1.91. The number of carbonyl (C=O) groups is 2. The van der Waals surface area contributed by atoms with Gasteiger partial charge in [0.1, 0.15) is 5.75 Å². The van der Waals surface area contributed by atoms with E-state index in [-0.39, 0.29) is 5.69 Å². The minimum absolute atomic E-state index is 0.230. The normalized spacial score (nSPS) is 10.0. The lowest BCUT2D eigenvalue weighted by Crippen LogP contribution is -2.14. The lowest BCUT2D eigenvalue weighted by molar-refractivity contribution is -0.268. The molecule has 0 saturated heterocycles. The van der Waals surface area contributed by atoms with Crippen LogP contribution in [-0.4, -0.2) is 23.6 Å². The fraction of sp³-hybridized carbons (Fsp3) is 0.125. The second-order valence-corrected chi connectivity index (χ2v) is 4.40. The van der Waals surface area contributed by atoms with Crippen molar-refractivity contribution >= 4 is 17.6 Å². The molecule has 0 heterocycles. The third kappa shape index (κ3) is 3.35. The highest BCUT2D eigenvalue weighted by molar-refractivity contribution is 6.06. The Hall–Kier alpha value is -3.02. The van der Waals surface area contributed by atoms with Gasteiger partial charge in [0.2, 0.25) is 0 Å². The molecule has 1 amide bonds. The molecule has 0 aliphatic carbocycles. The molecule has 6 nitrogen and oxygen atoms in total. The maximum absolute atomic E-state index is 12.3. The molecule has 0 spiro atoms. The van der Waals surface area contributed by atoms with Crippen LogP contribution in [0.4, 0.5) is 5.69 Å². The Morgan fingerprint density at radius 1 is 1.18 bits per heavy atom. The zero-order valence-corrected chi connectivity index (χ0v) is 11.8. The Bertz CT molecular complexity index is 711. The number of hydrogen-bond acceptors (Lipinski definition) is 4. The topological polar surface area (TPSA) is 98.7 Å². The van der Waals surface area contributed by atoms with Crippen LogP contribution >= 0.6 is 0 Å². The molecule has 22 heavy (non-hydrogen) atoms. The summed E-state index contributed by atoms with van der Waals surface area (Å²) in [5.41, 5.74) is 0.164. The van der Waals surface area contributed by atoms with Crippen LogP contribution in [0.25, 0.3) is 0 Å². The van der Waals surface area contributed by atoms with E-state index >= 15 is 0 Å². The highest BCUT2D eigenvalue weighted by Gasteiger charge is 2.13. The van der Waals surface area contributed by atoms with Gasteiger partial charge in [-0.2, -0.15) is 0 Å². The largest absolute Gasteiger partial charge is 0.872 e. The monoisotopic (exact) mass is 300 g/mol. The number of aromatic carboxylic acids is 1. The Balaban J connectivity index is 2.26. The van der Waals surface area contributed by atoms with Crippen LogP contribution in [0, 0.1) is 0 Å². The Morgan fingerprint density at radius 3 is 2.59 bits per heavy atom. The van der Waals surface area contributed by atoms with Gasteiger partial charge in [0.05, 0.1) is 17.7 Å². The molecule has 0 aromatic heterocycles. The van der Waals surface area contributed by atoms with Crippen molar-refractivity contribution in [2.24, 2.45) is 0 Å². The van der Waals surface area contributed by atoms with E-state index in [4.69, 9.17) is 9.84 Å². The molecule has 2 aromatic rings. The Kier molecular flexibility index (Phi) is 4.63. The number of carboxylic acid groups (broad SMARTS) is 1. The zero-order valence-electron chi connectivity index (χ0n) is 11.8. The lowest BCUT2D eigenvalue weighted by Gasteiger charge is -2.13. The van der Waals surface area contributed by atoms with E-state index in [0.29, 0.717) is 17.9 Å². The summed E-state index contributed by atoms with van der Waals surface area (Å²) in [7, 11) is 0. The van der Waals surface area contributed by atoms with E-state index in [0.717, 1.165) is 12.1 Å². The van der Waals surface area contributed by atoms with Crippen molar-refractivity contribution in [2.45, 2.75) is 6.92 Å². The predicted molar refractivity (Wildman–Crippen MR) is 78.4 cm³/mol. The number of carbonyl (C=O) groups excluding carboxylic acids is 1. The highest BCUT2D eigenvalue weighted by atomic mass is 16.5. The highest BCUT2D eigenvalue weighted by Crippen LogP contribution is 2.22. The van der Waals surface area contributed by atoms with Crippen molar-refractivity contribution < 1.29 is 24.5 Å². The molecule has 6 heteroatoms. The lowest BCUT2D eigenvalue weighted by atomic mass is 10.1. The molecule has 2 rings (SSSR count). The average molecular weight is 300 g/mol. The van der Waals surface area contributed by atoms with Gasteiger partial charge in [-0.3, -0.25) is 4.79 Å². The van der Waals surface area contributed by atoms with E-state index in [1.165, 1.54) is 6.07 Å². The minimum atomic E-state index is -1.34. The fourth-order valence-electron chi connectivity index (χ4n) is 1.91. The molecule has 0 radical (unpaired) electrons. The first-order chi connectivity index (χ1) is 10.5. The van der Waals surface area contributed by atoms with Crippen LogP contribution < -0.4 is 15.2 Å². The van der Waals surface area contributed by atoms with Gasteiger partial charge in [-0.05, 0) is 31.2 Å². The van der Waals surface area contributed by atoms with Gasteiger partial charge in [0, 0.05) is 5.69 Å². The van der Waals surface area contributed by atoms with Gasteiger partial charge in [-0.15, -0.1) is 0 Å². The van der Waals surface area contributed by atoms with Gasteiger partial charge in [-0.1, -0.05) is 23.9 Å². The molecule has 0 fully saturated rings. The van der Waals surface area contributed by atoms with Crippen molar-refractivity contribution in [3.63, 3.8) is 0 Å². The first kappa shape index (κ1) is 15.4. The van der Waals surface area contributed by atoms with E-state index < -0.39 is 23.2 Å². The number of ether oxygens (including phenoxy) is 1. The quantitative estimate of drug-likeness (QED) is 0.881. The molecule has 0 aliphatic rings. The van der Waals surface area contributed by atoms with Crippen molar-refractivity contribution in [1.82, 2.24) is 0 Å². The summed E-state index contributed by atoms with van der Waals surface area (Å²) in [6.07, 6.45) is 0. The summed E-state index contributed by atoms with van der Waals surface area (Å²) >= 11 is 0. The molecule has 0 aliphatic heterocycles. The van der Waals surface area contributed by atoms with Crippen molar-refractivity contribution in [3.05, 3.63) is 53.6 Å². The Labute approximate surface area is 127 Å². The zero-order chi connectivity index (χ0) is 16.1. The number of anilines is 1. The molecular formula is C16H14NO5-. The minimum Gasteiger partial charge on any atom is -0.872 e. The number of carboxylic acids is 1. The smallest absolute Gasteiger partial charge is 0.335 e. The number of hydrogen-bond donors (Lipinski definition) is 2. The van der Waals surface area contributed by atoms with Crippen LogP contribution in [-0.2, 0) is 0 Å². The third-order valence-corrected chi connectivity index (χ3v) is 2.90. The number of nitrogens with one attached hydrogen (secondary N) is 1. The van der Waals surface area contributed by atoms with Crippen molar-refractivity contribution in [1.29, 1.82) is 0 Å². The van der Waals surface area contributed by atoms with Crippen LogP contribution in [0.3, 0.4) is 0 Å². The summed E-state index contributed by atoms with van der Waals surface area (Å²) in [6.45, 7) is 2.22. The van der Waals surface area contributed by atoms with E-state index in [1.54, 1.807) is 31.2 Å². The molecule has 0 unspecified atom stereocenters. The molecule has 0 bridgehead atoms. The number of para-hydroxylation sites is 1. The molecule has 0 atom stereocenters. The molecule has 114 valence electrons. The summed E-state index contributed by atoms with van der Waals surface area (Å²) in [5.74, 6) is -1.96. The summed E-state index contributed by atoms with van der Waals surface area (Å²) in [6, 6.07) is 10.3. The van der Waals surface area contributed by atoms with Crippen molar-refractivity contribution in [3.8, 4) is 11.5 Å². The van der Waals surface area contributed by atoms with E-state index in [2.05, 4.69) is 5.32 Å². The van der Waals surface area contributed by atoms with E-state index in [9.17, 15) is 14.7 Å². The first-order valence-corrected chi connectivity index (χ1v) is 6.60. The molecule has 0 saturated carbocycles. The van der Waals surface area contributed by atoms with Crippen molar-refractivity contribution in [2.75, 3.05) is 11.9 Å². The van der Waals surface area contributed by atoms with Gasteiger partial charge < -0.3 is 20.3 Å². The summed E-state index contributed by atoms with van der Waals surface area (Å²) < 4.78 is 5.37. The second-order valence-electron chi connectivity index (χ2n) is 4.40. The standard InChI is InChI=1S/C16H15NO5/c1-2-22-14-6-4-3-5-11(14)15(19)17-10-7-8-13(18)12(9-10)16(20)21/h3-9,18H,2H2,1H3,(H,17,19)(H,20,21)/p-1. The Morgan fingerprint density at radius 2 is 1.91 bits per heavy atom. The summed E-state index contributed by atoms with van der Waals surface area (Å²) in [4.78, 5) is 23.2. The van der Waals surface area contributed by atoms with Gasteiger partial charge in [-0.25, -0.2) is 4.79 Å². The van der Waals surface area contributed by atoms with Crippen LogP contribution in [0.15, 0.2) is 42.5 Å². The summed E-state index contributed by atoms with van der Waals surface area (Å²) in [5, 5.41) is 22.9. The molecular weight excluding hydrogens is 286 g/mol. The maximum atomic E-state index is 12.3. The van der Waals surface area contributed by atoms with Crippen LogP contribution in [0.2, 0.25) is 0 Å². The molecule has 2 N–H and O–H groups in total. The predicted octanol–water partition coefficient (Wildman–Crippen LogP) is 2.11. The van der Waals surface area contributed by atoms with E-state index in [1.807, 2.05) is 0 Å². The SMILES string of the molecule is CCOc1ccccc1C(=O)Nc1ccc([O-])c(C(=O)O)c1. The van der Waals surface area contributed by atoms with Gasteiger partial charge in [0.15, 0.2) is 0 Å². The van der Waals surface area contributed by atoms with Crippen LogP contribution in [0.1, 0.15) is 27.6 Å². The first-order valence-electron chi connectivity index (χ1n) is 6.60. The van der Waals surface area contributed by atoms with Gasteiger partial charge in [0.25, 0.3) is 5.91 Å².